The highest BCUT2D eigenvalue weighted by Crippen LogP contribution is 2.38. The van der Waals surface area contributed by atoms with Crippen molar-refractivity contribution in [1.82, 2.24) is 4.90 Å². The molecule has 1 amide bonds. The predicted octanol–water partition coefficient (Wildman–Crippen LogP) is 3.65. The van der Waals surface area contributed by atoms with Crippen LogP contribution in [0.3, 0.4) is 0 Å². The molecular weight excluding hydrogens is 280 g/mol. The topological polar surface area (TPSA) is 46.3 Å². The molecule has 3 nitrogen and oxygen atoms in total. The predicted molar refractivity (Wildman–Crippen MR) is 91.1 cm³/mol. The Bertz CT molecular complexity index is 380. The molecule has 21 heavy (non-hydrogen) atoms. The Kier molecular flexibility index (Phi) is 5.64. The zero-order valence-electron chi connectivity index (χ0n) is 13.6. The Balaban J connectivity index is 2.12. The quantitative estimate of drug-likeness (QED) is 0.639. The molecule has 0 aromatic carbocycles. The second-order valence-corrected chi connectivity index (χ2v) is 7.63. The van der Waals surface area contributed by atoms with E-state index < -0.39 is 5.41 Å². The molecule has 2 fully saturated rings. The van der Waals surface area contributed by atoms with E-state index in [1.807, 2.05) is 11.9 Å². The largest absolute Gasteiger partial charge is 0.392 e. The minimum atomic E-state index is -0.566. The summed E-state index contributed by atoms with van der Waals surface area (Å²) in [7, 11) is 1.97. The van der Waals surface area contributed by atoms with Gasteiger partial charge in [-0.25, -0.2) is 0 Å². The van der Waals surface area contributed by atoms with Crippen LogP contribution in [-0.4, -0.2) is 28.9 Å². The SMILES string of the molecule is CC1CCC(N(C)C(=O)C2(C(N)=S)CCCCCC2)CC1. The maximum absolute atomic E-state index is 13.2. The molecule has 0 unspecified atom stereocenters. The van der Waals surface area contributed by atoms with Gasteiger partial charge in [-0.2, -0.15) is 0 Å². The zero-order valence-corrected chi connectivity index (χ0v) is 14.4. The Hall–Kier alpha value is -0.640. The van der Waals surface area contributed by atoms with Gasteiger partial charge in [0.2, 0.25) is 5.91 Å². The summed E-state index contributed by atoms with van der Waals surface area (Å²) in [4.78, 5) is 15.6. The Morgan fingerprint density at radius 2 is 1.62 bits per heavy atom. The summed E-state index contributed by atoms with van der Waals surface area (Å²) in [5.41, 5.74) is 5.48. The van der Waals surface area contributed by atoms with E-state index in [0.717, 1.165) is 44.4 Å². The monoisotopic (exact) mass is 310 g/mol. The fourth-order valence-corrected chi connectivity index (χ4v) is 4.32. The number of nitrogens with two attached hydrogens (primary N) is 1. The van der Waals surface area contributed by atoms with Crippen LogP contribution in [0, 0.1) is 11.3 Å². The van der Waals surface area contributed by atoms with Crippen molar-refractivity contribution in [3.05, 3.63) is 0 Å². The average molecular weight is 311 g/mol. The maximum atomic E-state index is 13.2. The first-order valence-corrected chi connectivity index (χ1v) is 8.95. The zero-order chi connectivity index (χ0) is 15.5. The summed E-state index contributed by atoms with van der Waals surface area (Å²) in [6, 6.07) is 0.378. The van der Waals surface area contributed by atoms with Crippen LogP contribution in [-0.2, 0) is 4.79 Å². The molecule has 4 heteroatoms. The van der Waals surface area contributed by atoms with Crippen molar-refractivity contribution in [3.8, 4) is 0 Å². The van der Waals surface area contributed by atoms with Crippen LogP contribution in [0.25, 0.3) is 0 Å². The molecule has 0 aromatic heterocycles. The highest BCUT2D eigenvalue weighted by atomic mass is 32.1. The highest BCUT2D eigenvalue weighted by Gasteiger charge is 2.44. The number of hydrogen-bond acceptors (Lipinski definition) is 2. The molecule has 2 N–H and O–H groups in total. The van der Waals surface area contributed by atoms with E-state index in [-0.39, 0.29) is 5.91 Å². The van der Waals surface area contributed by atoms with E-state index in [9.17, 15) is 4.79 Å². The Morgan fingerprint density at radius 1 is 1.10 bits per heavy atom. The van der Waals surface area contributed by atoms with Gasteiger partial charge in [-0.15, -0.1) is 0 Å². The average Bonchev–Trinajstić information content (AvgIpc) is 2.73. The van der Waals surface area contributed by atoms with Gasteiger partial charge in [0.05, 0.1) is 10.4 Å². The van der Waals surface area contributed by atoms with Crippen molar-refractivity contribution in [2.45, 2.75) is 77.2 Å². The van der Waals surface area contributed by atoms with E-state index in [2.05, 4.69) is 6.92 Å². The smallest absolute Gasteiger partial charge is 0.235 e. The Labute approximate surface area is 134 Å². The fraction of sp³-hybridized carbons (Fsp3) is 0.882. The lowest BCUT2D eigenvalue weighted by atomic mass is 9.77. The minimum Gasteiger partial charge on any atom is -0.392 e. The number of hydrogen-bond donors (Lipinski definition) is 1. The van der Waals surface area contributed by atoms with E-state index >= 15 is 0 Å². The van der Waals surface area contributed by atoms with Crippen LogP contribution < -0.4 is 5.73 Å². The third kappa shape index (κ3) is 3.58. The maximum Gasteiger partial charge on any atom is 0.235 e. The molecule has 0 aliphatic heterocycles. The van der Waals surface area contributed by atoms with Crippen LogP contribution in [0.15, 0.2) is 0 Å². The van der Waals surface area contributed by atoms with E-state index in [1.54, 1.807) is 0 Å². The lowest BCUT2D eigenvalue weighted by Crippen LogP contribution is -2.52. The molecule has 0 spiro atoms. The number of nitrogens with zero attached hydrogens (tertiary/aromatic N) is 1. The van der Waals surface area contributed by atoms with Gasteiger partial charge in [-0.3, -0.25) is 4.79 Å². The third-order valence-electron chi connectivity index (χ3n) is 5.69. The standard InChI is InChI=1S/C17H30N2OS/c1-13-7-9-14(10-8-13)19(2)16(20)17(15(18)21)11-5-3-4-6-12-17/h13-14H,3-12H2,1-2H3,(H2,18,21). The summed E-state index contributed by atoms with van der Waals surface area (Å²) in [5, 5.41) is 0. The molecule has 2 saturated carbocycles. The molecule has 0 bridgehead atoms. The van der Waals surface area contributed by atoms with Gasteiger partial charge in [0.25, 0.3) is 0 Å². The second kappa shape index (κ2) is 7.08. The number of rotatable bonds is 3. The van der Waals surface area contributed by atoms with Crippen molar-refractivity contribution in [1.29, 1.82) is 0 Å². The number of amides is 1. The first kappa shape index (κ1) is 16.7. The number of carbonyl (C=O) groups is 1. The van der Waals surface area contributed by atoms with Crippen LogP contribution in [0.5, 0.6) is 0 Å². The number of thiocarbonyl (C=S) groups is 1. The summed E-state index contributed by atoms with van der Waals surface area (Å²) < 4.78 is 0. The van der Waals surface area contributed by atoms with Crippen LogP contribution in [0.1, 0.15) is 71.1 Å². The van der Waals surface area contributed by atoms with Gasteiger partial charge in [-0.05, 0) is 44.4 Å². The molecule has 120 valence electrons. The molecule has 0 radical (unpaired) electrons. The number of carbonyl (C=O) groups excluding carboxylic acids is 1. The molecule has 0 atom stereocenters. The molecule has 2 aliphatic rings. The first-order chi connectivity index (χ1) is 9.97. The van der Waals surface area contributed by atoms with E-state index in [4.69, 9.17) is 18.0 Å². The molecular formula is C17H30N2OS. The van der Waals surface area contributed by atoms with Crippen molar-refractivity contribution in [2.75, 3.05) is 7.05 Å². The van der Waals surface area contributed by atoms with Crippen LogP contribution >= 0.6 is 12.2 Å². The van der Waals surface area contributed by atoms with Crippen molar-refractivity contribution < 1.29 is 4.79 Å². The van der Waals surface area contributed by atoms with Crippen molar-refractivity contribution in [3.63, 3.8) is 0 Å². The molecule has 2 aliphatic carbocycles. The van der Waals surface area contributed by atoms with Crippen molar-refractivity contribution >= 4 is 23.1 Å². The third-order valence-corrected chi connectivity index (χ3v) is 6.08. The van der Waals surface area contributed by atoms with Crippen LogP contribution in [0.2, 0.25) is 0 Å². The summed E-state index contributed by atoms with van der Waals surface area (Å²) >= 11 is 5.33. The molecule has 0 aromatic rings. The molecule has 0 saturated heterocycles. The summed E-state index contributed by atoms with van der Waals surface area (Å²) in [6.45, 7) is 2.31. The molecule has 0 heterocycles. The summed E-state index contributed by atoms with van der Waals surface area (Å²) in [6.07, 6.45) is 10.9. The molecule has 2 rings (SSSR count). The van der Waals surface area contributed by atoms with Gasteiger partial charge in [0, 0.05) is 13.1 Å². The van der Waals surface area contributed by atoms with Gasteiger partial charge in [0.15, 0.2) is 0 Å². The van der Waals surface area contributed by atoms with E-state index in [0.29, 0.717) is 11.0 Å². The summed E-state index contributed by atoms with van der Waals surface area (Å²) in [5.74, 6) is 0.989. The Morgan fingerprint density at radius 3 is 2.10 bits per heavy atom. The van der Waals surface area contributed by atoms with Gasteiger partial charge >= 0.3 is 0 Å². The highest BCUT2D eigenvalue weighted by molar-refractivity contribution is 7.80. The van der Waals surface area contributed by atoms with Crippen molar-refractivity contribution in [2.24, 2.45) is 17.1 Å². The lowest BCUT2D eigenvalue weighted by Gasteiger charge is -2.40. The van der Waals surface area contributed by atoms with Crippen LogP contribution in [0.4, 0.5) is 0 Å². The van der Waals surface area contributed by atoms with Gasteiger partial charge in [-0.1, -0.05) is 44.8 Å². The van der Waals surface area contributed by atoms with Gasteiger partial charge in [0.1, 0.15) is 0 Å². The lowest BCUT2D eigenvalue weighted by molar-refractivity contribution is -0.140. The fourth-order valence-electron chi connectivity index (χ4n) is 4.03. The second-order valence-electron chi connectivity index (χ2n) is 7.19. The van der Waals surface area contributed by atoms with Gasteiger partial charge < -0.3 is 10.6 Å². The first-order valence-electron chi connectivity index (χ1n) is 8.54. The minimum absolute atomic E-state index is 0.191. The normalized spacial score (nSPS) is 29.4. The van der Waals surface area contributed by atoms with E-state index in [1.165, 1.54) is 25.7 Å².